The molecule has 1 aliphatic heterocycles. The summed E-state index contributed by atoms with van der Waals surface area (Å²) in [7, 11) is 0. The van der Waals surface area contributed by atoms with Gasteiger partial charge in [0, 0.05) is 22.2 Å². The lowest BCUT2D eigenvalue weighted by Crippen LogP contribution is -2.38. The quantitative estimate of drug-likeness (QED) is 0.856. The van der Waals surface area contributed by atoms with E-state index in [2.05, 4.69) is 59.8 Å². The van der Waals surface area contributed by atoms with Crippen LogP contribution in [0.15, 0.2) is 22.7 Å². The second-order valence-corrected chi connectivity index (χ2v) is 6.07. The summed E-state index contributed by atoms with van der Waals surface area (Å²) in [6, 6.07) is 6.35. The normalized spacial score (nSPS) is 23.8. The molecule has 88 valence electrons. The third-order valence-electron chi connectivity index (χ3n) is 3.31. The number of aliphatic hydroxyl groups excluding tert-OH is 1. The Balaban J connectivity index is 2.34. The SMILES string of the molecule is Cc1cc(N2CC(O)CC2(C)C)ccc1Br. The monoisotopic (exact) mass is 283 g/mol. The van der Waals surface area contributed by atoms with Gasteiger partial charge in [-0.15, -0.1) is 0 Å². The van der Waals surface area contributed by atoms with Gasteiger partial charge in [-0.05, 0) is 51.0 Å². The molecule has 0 radical (unpaired) electrons. The van der Waals surface area contributed by atoms with Gasteiger partial charge in [0.1, 0.15) is 0 Å². The number of rotatable bonds is 1. The molecule has 1 aromatic rings. The Morgan fingerprint density at radius 2 is 2.12 bits per heavy atom. The molecule has 1 unspecified atom stereocenters. The number of β-amino-alcohol motifs (C(OH)–C–C–N with tert-alkyl or cyclic N) is 1. The Bertz CT molecular complexity index is 403. The lowest BCUT2D eigenvalue weighted by Gasteiger charge is -2.33. The molecule has 3 heteroatoms. The average molecular weight is 284 g/mol. The fourth-order valence-electron chi connectivity index (χ4n) is 2.46. The fraction of sp³-hybridized carbons (Fsp3) is 0.538. The molecule has 0 amide bonds. The predicted octanol–water partition coefficient (Wildman–Crippen LogP) is 3.11. The van der Waals surface area contributed by atoms with E-state index < -0.39 is 0 Å². The molecule has 0 aliphatic carbocycles. The number of anilines is 1. The molecular formula is C13H18BrNO. The Morgan fingerprint density at radius 3 is 2.62 bits per heavy atom. The maximum atomic E-state index is 9.77. The van der Waals surface area contributed by atoms with Crippen molar-refractivity contribution in [1.29, 1.82) is 0 Å². The zero-order valence-electron chi connectivity index (χ0n) is 10.00. The second kappa shape index (κ2) is 4.04. The molecule has 0 aromatic heterocycles. The van der Waals surface area contributed by atoms with Gasteiger partial charge in [0.2, 0.25) is 0 Å². The van der Waals surface area contributed by atoms with Crippen LogP contribution in [-0.2, 0) is 0 Å². The number of benzene rings is 1. The van der Waals surface area contributed by atoms with Crippen molar-refractivity contribution < 1.29 is 5.11 Å². The lowest BCUT2D eigenvalue weighted by atomic mass is 10.0. The first kappa shape index (κ1) is 11.9. The number of hydrogen-bond acceptors (Lipinski definition) is 2. The summed E-state index contributed by atoms with van der Waals surface area (Å²) in [5.41, 5.74) is 2.47. The summed E-state index contributed by atoms with van der Waals surface area (Å²) in [6.07, 6.45) is 0.626. The van der Waals surface area contributed by atoms with E-state index in [-0.39, 0.29) is 11.6 Å². The van der Waals surface area contributed by atoms with Gasteiger partial charge in [-0.25, -0.2) is 0 Å². The van der Waals surface area contributed by atoms with Crippen LogP contribution in [0.3, 0.4) is 0 Å². The van der Waals surface area contributed by atoms with Crippen LogP contribution < -0.4 is 4.90 Å². The smallest absolute Gasteiger partial charge is 0.0737 e. The van der Waals surface area contributed by atoms with Crippen LogP contribution in [0.5, 0.6) is 0 Å². The highest BCUT2D eigenvalue weighted by atomic mass is 79.9. The summed E-state index contributed by atoms with van der Waals surface area (Å²) in [5.74, 6) is 0. The van der Waals surface area contributed by atoms with Crippen LogP contribution in [0.4, 0.5) is 5.69 Å². The highest BCUT2D eigenvalue weighted by Crippen LogP contribution is 2.35. The van der Waals surface area contributed by atoms with Crippen molar-refractivity contribution in [2.45, 2.75) is 38.8 Å². The largest absolute Gasteiger partial charge is 0.391 e. The van der Waals surface area contributed by atoms with Crippen LogP contribution in [0.1, 0.15) is 25.8 Å². The maximum absolute atomic E-state index is 9.77. The van der Waals surface area contributed by atoms with Crippen molar-refractivity contribution in [3.8, 4) is 0 Å². The molecule has 16 heavy (non-hydrogen) atoms. The van der Waals surface area contributed by atoms with Crippen molar-refractivity contribution in [2.75, 3.05) is 11.4 Å². The molecule has 1 saturated heterocycles. The lowest BCUT2D eigenvalue weighted by molar-refractivity contribution is 0.188. The summed E-state index contributed by atoms with van der Waals surface area (Å²) in [5, 5.41) is 9.77. The third kappa shape index (κ3) is 2.11. The van der Waals surface area contributed by atoms with E-state index in [9.17, 15) is 5.11 Å². The van der Waals surface area contributed by atoms with Gasteiger partial charge in [-0.3, -0.25) is 0 Å². The molecule has 1 N–H and O–H groups in total. The molecule has 0 spiro atoms. The molecule has 0 bridgehead atoms. The van der Waals surface area contributed by atoms with Gasteiger partial charge in [-0.2, -0.15) is 0 Å². The van der Waals surface area contributed by atoms with E-state index >= 15 is 0 Å². The average Bonchev–Trinajstić information content (AvgIpc) is 2.44. The predicted molar refractivity (Wildman–Crippen MR) is 70.9 cm³/mol. The van der Waals surface area contributed by atoms with Gasteiger partial charge < -0.3 is 10.0 Å². The Kier molecular flexibility index (Phi) is 3.01. The molecule has 2 nitrogen and oxygen atoms in total. The van der Waals surface area contributed by atoms with E-state index in [1.807, 2.05) is 0 Å². The zero-order valence-corrected chi connectivity index (χ0v) is 11.6. The van der Waals surface area contributed by atoms with Gasteiger partial charge in [0.25, 0.3) is 0 Å². The van der Waals surface area contributed by atoms with Crippen LogP contribution >= 0.6 is 15.9 Å². The van der Waals surface area contributed by atoms with E-state index in [0.29, 0.717) is 0 Å². The number of aliphatic hydroxyl groups is 1. The van der Waals surface area contributed by atoms with Crippen LogP contribution in [0.2, 0.25) is 0 Å². The molecular weight excluding hydrogens is 266 g/mol. The van der Waals surface area contributed by atoms with Gasteiger partial charge in [0.15, 0.2) is 0 Å². The van der Waals surface area contributed by atoms with E-state index in [0.717, 1.165) is 17.4 Å². The standard InChI is InChI=1S/C13H18BrNO/c1-9-6-10(4-5-12(9)14)15-8-11(16)7-13(15,2)3/h4-6,11,16H,7-8H2,1-3H3. The fourth-order valence-corrected chi connectivity index (χ4v) is 2.71. The number of hydrogen-bond donors (Lipinski definition) is 1. The molecule has 0 saturated carbocycles. The summed E-state index contributed by atoms with van der Waals surface area (Å²) in [6.45, 7) is 7.18. The van der Waals surface area contributed by atoms with Crippen molar-refractivity contribution >= 4 is 21.6 Å². The second-order valence-electron chi connectivity index (χ2n) is 5.21. The minimum atomic E-state index is -0.209. The first-order valence-corrected chi connectivity index (χ1v) is 6.41. The van der Waals surface area contributed by atoms with E-state index in [1.54, 1.807) is 0 Å². The molecule has 1 heterocycles. The van der Waals surface area contributed by atoms with Gasteiger partial charge >= 0.3 is 0 Å². The highest BCUT2D eigenvalue weighted by Gasteiger charge is 2.37. The zero-order chi connectivity index (χ0) is 11.9. The summed E-state index contributed by atoms with van der Waals surface area (Å²) in [4.78, 5) is 2.29. The van der Waals surface area contributed by atoms with Crippen molar-refractivity contribution in [3.05, 3.63) is 28.2 Å². The minimum Gasteiger partial charge on any atom is -0.391 e. The number of halogens is 1. The van der Waals surface area contributed by atoms with Gasteiger partial charge in [0.05, 0.1) is 6.10 Å². The molecule has 1 fully saturated rings. The van der Waals surface area contributed by atoms with Crippen LogP contribution in [0.25, 0.3) is 0 Å². The molecule has 1 atom stereocenters. The molecule has 1 aliphatic rings. The Hall–Kier alpha value is -0.540. The number of aryl methyl sites for hydroxylation is 1. The maximum Gasteiger partial charge on any atom is 0.0737 e. The number of nitrogens with zero attached hydrogens (tertiary/aromatic N) is 1. The van der Waals surface area contributed by atoms with Crippen molar-refractivity contribution in [2.24, 2.45) is 0 Å². The van der Waals surface area contributed by atoms with E-state index in [1.165, 1.54) is 11.3 Å². The Labute approximate surface area is 105 Å². The van der Waals surface area contributed by atoms with Gasteiger partial charge in [-0.1, -0.05) is 15.9 Å². The van der Waals surface area contributed by atoms with Crippen LogP contribution in [0, 0.1) is 6.92 Å². The summed E-state index contributed by atoms with van der Waals surface area (Å²) < 4.78 is 1.13. The molecule has 1 aromatic carbocycles. The van der Waals surface area contributed by atoms with E-state index in [4.69, 9.17) is 0 Å². The first-order valence-electron chi connectivity index (χ1n) is 5.62. The van der Waals surface area contributed by atoms with Crippen molar-refractivity contribution in [3.63, 3.8) is 0 Å². The third-order valence-corrected chi connectivity index (χ3v) is 4.20. The highest BCUT2D eigenvalue weighted by molar-refractivity contribution is 9.10. The Morgan fingerprint density at radius 1 is 1.44 bits per heavy atom. The molecule has 2 rings (SSSR count). The summed E-state index contributed by atoms with van der Waals surface area (Å²) >= 11 is 3.51. The first-order chi connectivity index (χ1) is 7.40. The van der Waals surface area contributed by atoms with Crippen LogP contribution in [-0.4, -0.2) is 23.3 Å². The van der Waals surface area contributed by atoms with Crippen molar-refractivity contribution in [1.82, 2.24) is 0 Å². The topological polar surface area (TPSA) is 23.5 Å². The minimum absolute atomic E-state index is 0.0414.